The number of H-pyrrole nitrogens is 1. The van der Waals surface area contributed by atoms with Crippen molar-refractivity contribution in [2.75, 3.05) is 0 Å². The summed E-state index contributed by atoms with van der Waals surface area (Å²) in [4.78, 5) is 27.3. The third-order valence-corrected chi connectivity index (χ3v) is 5.11. The normalized spacial score (nSPS) is 19.1. The topological polar surface area (TPSA) is 82.2 Å². The number of aromatic nitrogens is 1. The Kier molecular flexibility index (Phi) is 4.17. The van der Waals surface area contributed by atoms with Crippen molar-refractivity contribution in [2.24, 2.45) is 0 Å². The number of aliphatic carboxylic acids is 1. The molecule has 1 heterocycles. The Bertz CT molecular complexity index is 1010. The van der Waals surface area contributed by atoms with Crippen molar-refractivity contribution in [3.05, 3.63) is 70.4 Å². The fourth-order valence-electron chi connectivity index (χ4n) is 3.65. The molecular weight excluding hydrogens is 352 g/mol. The van der Waals surface area contributed by atoms with Crippen molar-refractivity contribution < 1.29 is 14.7 Å². The summed E-state index contributed by atoms with van der Waals surface area (Å²) in [5.74, 6) is -1.71. The van der Waals surface area contributed by atoms with Crippen molar-refractivity contribution in [1.82, 2.24) is 10.3 Å². The van der Waals surface area contributed by atoms with Crippen LogP contribution in [-0.4, -0.2) is 28.0 Å². The predicted octanol–water partition coefficient (Wildman–Crippen LogP) is 3.73. The summed E-state index contributed by atoms with van der Waals surface area (Å²) in [5.41, 5.74) is 3.08. The number of carbonyl (C=O) groups excluding carboxylic acids is 1. The first-order valence-electron chi connectivity index (χ1n) is 8.41. The summed E-state index contributed by atoms with van der Waals surface area (Å²) in [6, 6.07) is 14.4. The van der Waals surface area contributed by atoms with E-state index in [1.165, 1.54) is 0 Å². The molecular formula is C20H17ClN2O3. The van der Waals surface area contributed by atoms with Crippen molar-refractivity contribution in [3.8, 4) is 0 Å². The van der Waals surface area contributed by atoms with Crippen LogP contribution in [-0.2, 0) is 11.2 Å². The number of hydrogen-bond donors (Lipinski definition) is 3. The smallest absolute Gasteiger partial charge is 0.311 e. The zero-order chi connectivity index (χ0) is 18.3. The maximum absolute atomic E-state index is 12.6. The van der Waals surface area contributed by atoms with E-state index < -0.39 is 11.9 Å². The lowest BCUT2D eigenvalue weighted by atomic mass is 9.80. The van der Waals surface area contributed by atoms with Gasteiger partial charge >= 0.3 is 5.97 Å². The van der Waals surface area contributed by atoms with Crippen LogP contribution < -0.4 is 5.32 Å². The maximum Gasteiger partial charge on any atom is 0.311 e. The number of carboxylic acid groups (broad SMARTS) is 1. The quantitative estimate of drug-likeness (QED) is 0.658. The van der Waals surface area contributed by atoms with Crippen molar-refractivity contribution in [2.45, 2.75) is 24.8 Å². The minimum Gasteiger partial charge on any atom is -0.481 e. The van der Waals surface area contributed by atoms with Crippen LogP contribution in [0.2, 0.25) is 5.02 Å². The zero-order valence-corrected chi connectivity index (χ0v) is 14.6. The molecule has 1 amide bonds. The van der Waals surface area contributed by atoms with E-state index in [1.807, 2.05) is 30.3 Å². The molecule has 2 aromatic carbocycles. The number of amides is 1. The second-order valence-electron chi connectivity index (χ2n) is 6.61. The Morgan fingerprint density at radius 3 is 2.77 bits per heavy atom. The van der Waals surface area contributed by atoms with Crippen LogP contribution in [0.3, 0.4) is 0 Å². The van der Waals surface area contributed by atoms with E-state index in [-0.39, 0.29) is 11.9 Å². The summed E-state index contributed by atoms with van der Waals surface area (Å²) >= 11 is 5.99. The first kappa shape index (κ1) is 16.7. The molecule has 0 bridgehead atoms. The van der Waals surface area contributed by atoms with E-state index in [4.69, 9.17) is 11.6 Å². The number of hydrogen-bond acceptors (Lipinski definition) is 2. The van der Waals surface area contributed by atoms with Crippen molar-refractivity contribution in [3.63, 3.8) is 0 Å². The number of benzene rings is 2. The molecule has 3 N–H and O–H groups in total. The van der Waals surface area contributed by atoms with Crippen LogP contribution in [0.15, 0.2) is 48.5 Å². The molecule has 1 aliphatic carbocycles. The molecule has 0 radical (unpaired) electrons. The number of carbonyl (C=O) groups is 2. The monoisotopic (exact) mass is 368 g/mol. The molecule has 6 heteroatoms. The molecule has 0 unspecified atom stereocenters. The number of aromatic amines is 1. The van der Waals surface area contributed by atoms with Crippen LogP contribution in [0, 0.1) is 0 Å². The molecule has 4 rings (SSSR count). The van der Waals surface area contributed by atoms with Gasteiger partial charge in [-0.2, -0.15) is 0 Å². The standard InChI is InChI=1S/C20H17ClN2O3/c21-13-5-6-17-12(7-13)9-18(23-17)19(24)22-14-8-11-3-1-2-4-15(11)16(10-14)20(25)26/h1-7,9,14,16,23H,8,10H2,(H,22,24)(H,25,26)/t14-,16+/m0/s1. The van der Waals surface area contributed by atoms with Crippen LogP contribution in [0.4, 0.5) is 0 Å². The number of halogens is 1. The van der Waals surface area contributed by atoms with E-state index in [0.717, 1.165) is 22.0 Å². The van der Waals surface area contributed by atoms with Crippen LogP contribution in [0.5, 0.6) is 0 Å². The van der Waals surface area contributed by atoms with Gasteiger partial charge in [-0.15, -0.1) is 0 Å². The molecule has 0 saturated heterocycles. The summed E-state index contributed by atoms with van der Waals surface area (Å²) in [6.07, 6.45) is 1.00. The molecule has 26 heavy (non-hydrogen) atoms. The van der Waals surface area contributed by atoms with E-state index in [9.17, 15) is 14.7 Å². The molecule has 2 atom stereocenters. The third kappa shape index (κ3) is 3.06. The van der Waals surface area contributed by atoms with E-state index in [0.29, 0.717) is 23.6 Å². The second kappa shape index (κ2) is 6.50. The summed E-state index contributed by atoms with van der Waals surface area (Å²) in [7, 11) is 0. The lowest BCUT2D eigenvalue weighted by Gasteiger charge is -2.29. The molecule has 1 aliphatic rings. The molecule has 0 saturated carbocycles. The van der Waals surface area contributed by atoms with Gasteiger partial charge in [0.05, 0.1) is 5.92 Å². The lowest BCUT2D eigenvalue weighted by molar-refractivity contribution is -0.139. The fraction of sp³-hybridized carbons (Fsp3) is 0.200. The largest absolute Gasteiger partial charge is 0.481 e. The van der Waals surface area contributed by atoms with Gasteiger partial charge in [-0.25, -0.2) is 0 Å². The highest BCUT2D eigenvalue weighted by molar-refractivity contribution is 6.31. The second-order valence-corrected chi connectivity index (χ2v) is 7.05. The SMILES string of the molecule is O=C(N[C@H]1Cc2ccccc2[C@H](C(=O)O)C1)c1cc2cc(Cl)ccc2[nH]1. The third-order valence-electron chi connectivity index (χ3n) is 4.88. The van der Waals surface area contributed by atoms with Gasteiger partial charge in [0.15, 0.2) is 0 Å². The summed E-state index contributed by atoms with van der Waals surface area (Å²) in [5, 5.41) is 14.0. The lowest BCUT2D eigenvalue weighted by Crippen LogP contribution is -2.41. The molecule has 0 fully saturated rings. The first-order chi connectivity index (χ1) is 12.5. The Hall–Kier alpha value is -2.79. The minimum absolute atomic E-state index is 0.228. The number of nitrogens with one attached hydrogen (secondary N) is 2. The highest BCUT2D eigenvalue weighted by atomic mass is 35.5. The molecule has 1 aromatic heterocycles. The van der Waals surface area contributed by atoms with Gasteiger partial charge < -0.3 is 15.4 Å². The van der Waals surface area contributed by atoms with Gasteiger partial charge in [0.2, 0.25) is 0 Å². The summed E-state index contributed by atoms with van der Waals surface area (Å²) < 4.78 is 0. The average molecular weight is 369 g/mol. The zero-order valence-electron chi connectivity index (χ0n) is 13.8. The number of rotatable bonds is 3. The first-order valence-corrected chi connectivity index (χ1v) is 8.79. The molecule has 132 valence electrons. The highest BCUT2D eigenvalue weighted by Gasteiger charge is 2.32. The number of carboxylic acids is 1. The molecule has 3 aromatic rings. The van der Waals surface area contributed by atoms with Crippen LogP contribution in [0.25, 0.3) is 10.9 Å². The summed E-state index contributed by atoms with van der Waals surface area (Å²) in [6.45, 7) is 0. The Balaban J connectivity index is 1.56. The van der Waals surface area contributed by atoms with Gasteiger partial charge in [-0.3, -0.25) is 9.59 Å². The molecule has 0 spiro atoms. The van der Waals surface area contributed by atoms with E-state index in [2.05, 4.69) is 10.3 Å². The van der Waals surface area contributed by atoms with Crippen molar-refractivity contribution >= 4 is 34.4 Å². The van der Waals surface area contributed by atoms with Gasteiger partial charge in [-0.05, 0) is 48.2 Å². The van der Waals surface area contributed by atoms with Gasteiger partial charge in [0.1, 0.15) is 5.69 Å². The van der Waals surface area contributed by atoms with Crippen molar-refractivity contribution in [1.29, 1.82) is 0 Å². The van der Waals surface area contributed by atoms with Gasteiger partial charge in [0, 0.05) is 22.0 Å². The average Bonchev–Trinajstić information content (AvgIpc) is 3.04. The fourth-order valence-corrected chi connectivity index (χ4v) is 3.83. The predicted molar refractivity (Wildman–Crippen MR) is 99.7 cm³/mol. The van der Waals surface area contributed by atoms with Gasteiger partial charge in [0.25, 0.3) is 5.91 Å². The Labute approximate surface area is 155 Å². The highest BCUT2D eigenvalue weighted by Crippen LogP contribution is 2.32. The van der Waals surface area contributed by atoms with E-state index >= 15 is 0 Å². The molecule has 0 aliphatic heterocycles. The van der Waals surface area contributed by atoms with Crippen LogP contribution in [0.1, 0.15) is 34.0 Å². The molecule has 5 nitrogen and oxygen atoms in total. The Morgan fingerprint density at radius 1 is 1.15 bits per heavy atom. The number of fused-ring (bicyclic) bond motifs is 2. The minimum atomic E-state index is -0.864. The van der Waals surface area contributed by atoms with Crippen LogP contribution >= 0.6 is 11.6 Å². The Morgan fingerprint density at radius 2 is 1.96 bits per heavy atom. The van der Waals surface area contributed by atoms with Gasteiger partial charge in [-0.1, -0.05) is 35.9 Å². The maximum atomic E-state index is 12.6. The van der Waals surface area contributed by atoms with E-state index in [1.54, 1.807) is 18.2 Å².